The van der Waals surface area contributed by atoms with E-state index in [1.165, 1.54) is 5.56 Å². The molecule has 0 saturated heterocycles. The maximum Gasteiger partial charge on any atom is 0.251 e. The molecule has 0 unspecified atom stereocenters. The van der Waals surface area contributed by atoms with Gasteiger partial charge in [0.05, 0.1) is 5.69 Å². The van der Waals surface area contributed by atoms with Crippen LogP contribution >= 0.6 is 0 Å². The Morgan fingerprint density at radius 2 is 1.88 bits per heavy atom. The van der Waals surface area contributed by atoms with Gasteiger partial charge in [-0.1, -0.05) is 26.8 Å². The number of rotatable bonds is 5. The van der Waals surface area contributed by atoms with Crippen LogP contribution in [0.5, 0.6) is 0 Å². The number of nitrogens with one attached hydrogen (secondary N) is 1. The van der Waals surface area contributed by atoms with Crippen LogP contribution in [0.4, 0.5) is 0 Å². The zero-order chi connectivity index (χ0) is 17.9. The van der Waals surface area contributed by atoms with Crippen LogP contribution < -0.4 is 5.32 Å². The molecule has 0 radical (unpaired) electrons. The van der Waals surface area contributed by atoms with Crippen LogP contribution in [0.25, 0.3) is 0 Å². The van der Waals surface area contributed by atoms with Crippen LogP contribution in [0.15, 0.2) is 22.6 Å². The average molecular weight is 328 g/mol. The molecule has 0 saturated carbocycles. The second-order valence-electron chi connectivity index (χ2n) is 7.44. The second kappa shape index (κ2) is 7.20. The quantitative estimate of drug-likeness (QED) is 0.834. The molecule has 2 rings (SSSR count). The molecule has 0 aliphatic rings. The normalized spacial score (nSPS) is 11.6. The summed E-state index contributed by atoms with van der Waals surface area (Å²) >= 11 is 0. The minimum absolute atomic E-state index is 0.0252. The van der Waals surface area contributed by atoms with Crippen LogP contribution in [0, 0.1) is 20.8 Å². The van der Waals surface area contributed by atoms with E-state index in [2.05, 4.69) is 31.1 Å². The zero-order valence-corrected chi connectivity index (χ0v) is 15.6. The molecule has 0 aliphatic carbocycles. The van der Waals surface area contributed by atoms with Gasteiger partial charge in [-0.15, -0.1) is 0 Å². The number of benzene rings is 1. The van der Waals surface area contributed by atoms with E-state index in [0.717, 1.165) is 35.7 Å². The third-order valence-electron chi connectivity index (χ3n) is 4.17. The summed E-state index contributed by atoms with van der Waals surface area (Å²) in [6.07, 6.45) is 1.61. The van der Waals surface area contributed by atoms with E-state index in [4.69, 9.17) is 4.42 Å². The van der Waals surface area contributed by atoms with E-state index in [9.17, 15) is 4.79 Å². The largest absolute Gasteiger partial charge is 0.445 e. The lowest BCUT2D eigenvalue weighted by Gasteiger charge is -2.12. The minimum Gasteiger partial charge on any atom is -0.445 e. The Bertz CT molecular complexity index is 724. The lowest BCUT2D eigenvalue weighted by molar-refractivity contribution is 0.0953. The lowest BCUT2D eigenvalue weighted by Crippen LogP contribution is -2.24. The van der Waals surface area contributed by atoms with Gasteiger partial charge in [-0.3, -0.25) is 4.79 Å². The number of aromatic nitrogens is 1. The van der Waals surface area contributed by atoms with Crippen LogP contribution in [-0.4, -0.2) is 17.4 Å². The van der Waals surface area contributed by atoms with Crippen molar-refractivity contribution in [1.29, 1.82) is 0 Å². The van der Waals surface area contributed by atoms with Gasteiger partial charge in [-0.05, 0) is 50.5 Å². The highest BCUT2D eigenvalue weighted by molar-refractivity contribution is 5.94. The van der Waals surface area contributed by atoms with E-state index < -0.39 is 0 Å². The Labute approximate surface area is 144 Å². The Balaban J connectivity index is 1.85. The van der Waals surface area contributed by atoms with Crippen LogP contribution in [0.2, 0.25) is 0 Å². The molecule has 0 fully saturated rings. The van der Waals surface area contributed by atoms with Crippen molar-refractivity contribution in [1.82, 2.24) is 10.3 Å². The van der Waals surface area contributed by atoms with E-state index >= 15 is 0 Å². The number of hydrogen-bond acceptors (Lipinski definition) is 3. The summed E-state index contributed by atoms with van der Waals surface area (Å²) in [5, 5.41) is 2.97. The first kappa shape index (κ1) is 18.2. The maximum atomic E-state index is 12.2. The molecule has 0 spiro atoms. The molecule has 24 heavy (non-hydrogen) atoms. The SMILES string of the molecule is Cc1ccc(C(=O)NCCCc2oc(C(C)(C)C)nc2C)cc1C. The molecule has 1 N–H and O–H groups in total. The van der Waals surface area contributed by atoms with E-state index in [1.807, 2.05) is 39.0 Å². The Morgan fingerprint density at radius 1 is 1.17 bits per heavy atom. The number of amides is 1. The number of carbonyl (C=O) groups excluding carboxylic acids is 1. The summed E-state index contributed by atoms with van der Waals surface area (Å²) in [6.45, 7) is 12.9. The third kappa shape index (κ3) is 4.47. The molecular weight excluding hydrogens is 300 g/mol. The first-order valence-corrected chi connectivity index (χ1v) is 8.50. The molecule has 4 heteroatoms. The molecule has 1 aromatic heterocycles. The topological polar surface area (TPSA) is 55.1 Å². The van der Waals surface area contributed by atoms with Gasteiger partial charge in [0, 0.05) is 23.9 Å². The lowest BCUT2D eigenvalue weighted by atomic mass is 9.97. The van der Waals surface area contributed by atoms with Gasteiger partial charge in [0.25, 0.3) is 5.91 Å². The van der Waals surface area contributed by atoms with Gasteiger partial charge in [0.15, 0.2) is 5.89 Å². The fraction of sp³-hybridized carbons (Fsp3) is 0.500. The molecule has 4 nitrogen and oxygen atoms in total. The van der Waals surface area contributed by atoms with Gasteiger partial charge in [0.2, 0.25) is 0 Å². The summed E-state index contributed by atoms with van der Waals surface area (Å²) in [7, 11) is 0. The summed E-state index contributed by atoms with van der Waals surface area (Å²) in [6, 6.07) is 5.78. The summed E-state index contributed by atoms with van der Waals surface area (Å²) in [4.78, 5) is 16.7. The van der Waals surface area contributed by atoms with E-state index in [1.54, 1.807) is 0 Å². The number of aryl methyl sites for hydroxylation is 4. The average Bonchev–Trinajstić information content (AvgIpc) is 2.87. The highest BCUT2D eigenvalue weighted by Crippen LogP contribution is 2.24. The Kier molecular flexibility index (Phi) is 5.47. The van der Waals surface area contributed by atoms with Gasteiger partial charge >= 0.3 is 0 Å². The molecule has 0 bridgehead atoms. The predicted molar refractivity (Wildman–Crippen MR) is 96.5 cm³/mol. The van der Waals surface area contributed by atoms with Crippen molar-refractivity contribution in [3.63, 3.8) is 0 Å². The van der Waals surface area contributed by atoms with Crippen molar-refractivity contribution < 1.29 is 9.21 Å². The number of hydrogen-bond donors (Lipinski definition) is 1. The first-order chi connectivity index (χ1) is 11.2. The maximum absolute atomic E-state index is 12.2. The fourth-order valence-electron chi connectivity index (χ4n) is 2.42. The first-order valence-electron chi connectivity index (χ1n) is 8.50. The number of nitrogens with zero attached hydrogens (tertiary/aromatic N) is 1. The molecule has 130 valence electrons. The molecule has 0 aliphatic heterocycles. The van der Waals surface area contributed by atoms with Crippen molar-refractivity contribution in [3.8, 4) is 0 Å². The Hall–Kier alpha value is -2.10. The van der Waals surface area contributed by atoms with Gasteiger partial charge < -0.3 is 9.73 Å². The third-order valence-corrected chi connectivity index (χ3v) is 4.17. The van der Waals surface area contributed by atoms with Gasteiger partial charge in [-0.25, -0.2) is 4.98 Å². The molecular formula is C20H28N2O2. The van der Waals surface area contributed by atoms with Crippen LogP contribution in [-0.2, 0) is 11.8 Å². The smallest absolute Gasteiger partial charge is 0.251 e. The summed E-state index contributed by atoms with van der Waals surface area (Å²) < 4.78 is 5.88. The molecule has 1 aromatic carbocycles. The summed E-state index contributed by atoms with van der Waals surface area (Å²) in [5.74, 6) is 1.66. The monoisotopic (exact) mass is 328 g/mol. The van der Waals surface area contributed by atoms with Crippen LogP contribution in [0.1, 0.15) is 66.0 Å². The van der Waals surface area contributed by atoms with Crippen molar-refractivity contribution in [2.75, 3.05) is 6.54 Å². The zero-order valence-electron chi connectivity index (χ0n) is 15.6. The van der Waals surface area contributed by atoms with Crippen molar-refractivity contribution >= 4 is 5.91 Å². The number of oxazole rings is 1. The highest BCUT2D eigenvalue weighted by Gasteiger charge is 2.22. The second-order valence-corrected chi connectivity index (χ2v) is 7.44. The fourth-order valence-corrected chi connectivity index (χ4v) is 2.42. The van der Waals surface area contributed by atoms with Gasteiger partial charge in [0.1, 0.15) is 5.76 Å². The predicted octanol–water partition coefficient (Wildman–Crippen LogP) is 4.26. The molecule has 0 atom stereocenters. The van der Waals surface area contributed by atoms with Crippen molar-refractivity contribution in [2.24, 2.45) is 0 Å². The molecule has 1 heterocycles. The molecule has 2 aromatic rings. The highest BCUT2D eigenvalue weighted by atomic mass is 16.4. The summed E-state index contributed by atoms with van der Waals surface area (Å²) in [5.41, 5.74) is 3.90. The van der Waals surface area contributed by atoms with Crippen molar-refractivity contribution in [2.45, 2.75) is 59.8 Å². The minimum atomic E-state index is -0.0828. The van der Waals surface area contributed by atoms with E-state index in [-0.39, 0.29) is 11.3 Å². The van der Waals surface area contributed by atoms with E-state index in [0.29, 0.717) is 12.1 Å². The number of carbonyl (C=O) groups is 1. The van der Waals surface area contributed by atoms with Gasteiger partial charge in [-0.2, -0.15) is 0 Å². The van der Waals surface area contributed by atoms with Crippen LogP contribution in [0.3, 0.4) is 0 Å². The standard InChI is InChI=1S/C20H28N2O2/c1-13-9-10-16(12-14(13)2)18(23)21-11-7-8-17-15(3)22-19(24-17)20(4,5)6/h9-10,12H,7-8,11H2,1-6H3,(H,21,23). The van der Waals surface area contributed by atoms with Crippen molar-refractivity contribution in [3.05, 3.63) is 52.2 Å². The Morgan fingerprint density at radius 3 is 2.46 bits per heavy atom. The molecule has 1 amide bonds.